The first kappa shape index (κ1) is 15.7. The SMILES string of the molecule is Cc1nc2c(c(=O)[nH]1)CN(C(=O)Nc1ccc(C(=O)O)cc1)CC2. The molecular weight excluding hydrogens is 312 g/mol. The Bertz CT molecular complexity index is 857. The Morgan fingerprint density at radius 1 is 1.29 bits per heavy atom. The summed E-state index contributed by atoms with van der Waals surface area (Å²) in [6.07, 6.45) is 0.519. The van der Waals surface area contributed by atoms with Crippen molar-refractivity contribution in [2.75, 3.05) is 11.9 Å². The lowest BCUT2D eigenvalue weighted by Gasteiger charge is -2.27. The highest BCUT2D eigenvalue weighted by Gasteiger charge is 2.24. The molecule has 8 heteroatoms. The minimum absolute atomic E-state index is 0.146. The summed E-state index contributed by atoms with van der Waals surface area (Å²) >= 11 is 0. The van der Waals surface area contributed by atoms with E-state index in [1.165, 1.54) is 29.2 Å². The third kappa shape index (κ3) is 3.12. The molecule has 0 atom stereocenters. The van der Waals surface area contributed by atoms with Gasteiger partial charge in [-0.3, -0.25) is 4.79 Å². The van der Waals surface area contributed by atoms with Crippen LogP contribution in [0.3, 0.4) is 0 Å². The Hall–Kier alpha value is -3.16. The van der Waals surface area contributed by atoms with E-state index in [0.29, 0.717) is 30.0 Å². The molecule has 0 saturated heterocycles. The number of amides is 2. The number of aromatic nitrogens is 2. The molecule has 2 heterocycles. The van der Waals surface area contributed by atoms with Crippen LogP contribution in [-0.2, 0) is 13.0 Å². The number of carbonyl (C=O) groups is 2. The monoisotopic (exact) mass is 328 g/mol. The second-order valence-corrected chi connectivity index (χ2v) is 5.56. The standard InChI is InChI=1S/C16H16N4O4/c1-9-17-13-6-7-20(8-12(13)14(21)18-9)16(24)19-11-4-2-10(3-5-11)15(22)23/h2-5H,6-8H2,1H3,(H,19,24)(H,22,23)(H,17,18,21). The molecule has 0 radical (unpaired) electrons. The van der Waals surface area contributed by atoms with Crippen LogP contribution in [0.15, 0.2) is 29.1 Å². The summed E-state index contributed by atoms with van der Waals surface area (Å²) < 4.78 is 0. The normalized spacial score (nSPS) is 13.3. The average molecular weight is 328 g/mol. The molecular formula is C16H16N4O4. The van der Waals surface area contributed by atoms with Crippen molar-refractivity contribution in [3.05, 3.63) is 57.3 Å². The highest BCUT2D eigenvalue weighted by atomic mass is 16.4. The molecule has 124 valence electrons. The van der Waals surface area contributed by atoms with Gasteiger partial charge in [-0.05, 0) is 31.2 Å². The molecule has 8 nitrogen and oxygen atoms in total. The van der Waals surface area contributed by atoms with Gasteiger partial charge in [-0.25, -0.2) is 14.6 Å². The summed E-state index contributed by atoms with van der Waals surface area (Å²) in [5.41, 5.74) is 1.65. The number of hydrogen-bond donors (Lipinski definition) is 3. The molecule has 2 amide bonds. The number of aromatic carboxylic acids is 1. The number of urea groups is 1. The molecule has 24 heavy (non-hydrogen) atoms. The average Bonchev–Trinajstić information content (AvgIpc) is 2.55. The topological polar surface area (TPSA) is 115 Å². The van der Waals surface area contributed by atoms with Gasteiger partial charge in [0.05, 0.1) is 23.4 Å². The minimum Gasteiger partial charge on any atom is -0.478 e. The van der Waals surface area contributed by atoms with Gasteiger partial charge in [0.15, 0.2) is 0 Å². The number of hydrogen-bond acceptors (Lipinski definition) is 4. The van der Waals surface area contributed by atoms with E-state index < -0.39 is 5.97 Å². The van der Waals surface area contributed by atoms with Crippen molar-refractivity contribution in [1.29, 1.82) is 0 Å². The van der Waals surface area contributed by atoms with Crippen molar-refractivity contribution in [1.82, 2.24) is 14.9 Å². The van der Waals surface area contributed by atoms with Gasteiger partial charge < -0.3 is 20.3 Å². The molecule has 3 rings (SSSR count). The van der Waals surface area contributed by atoms with E-state index in [1.54, 1.807) is 6.92 Å². The molecule has 0 unspecified atom stereocenters. The summed E-state index contributed by atoms with van der Waals surface area (Å²) in [4.78, 5) is 43.6. The summed E-state index contributed by atoms with van der Waals surface area (Å²) in [6, 6.07) is 5.54. The van der Waals surface area contributed by atoms with Gasteiger partial charge in [0, 0.05) is 18.7 Å². The number of aryl methyl sites for hydroxylation is 1. The number of nitrogens with zero attached hydrogens (tertiary/aromatic N) is 2. The van der Waals surface area contributed by atoms with Crippen LogP contribution in [0.5, 0.6) is 0 Å². The molecule has 1 aliphatic heterocycles. The van der Waals surface area contributed by atoms with E-state index in [-0.39, 0.29) is 23.7 Å². The lowest BCUT2D eigenvalue weighted by atomic mass is 10.1. The number of anilines is 1. The first-order valence-corrected chi connectivity index (χ1v) is 7.42. The highest BCUT2D eigenvalue weighted by molar-refractivity contribution is 5.91. The molecule has 1 aliphatic rings. The third-order valence-electron chi connectivity index (χ3n) is 3.86. The van der Waals surface area contributed by atoms with Crippen molar-refractivity contribution in [2.45, 2.75) is 19.9 Å². The first-order valence-electron chi connectivity index (χ1n) is 7.42. The number of H-pyrrole nitrogens is 1. The fourth-order valence-electron chi connectivity index (χ4n) is 2.62. The Labute approximate surface area is 137 Å². The van der Waals surface area contributed by atoms with Crippen LogP contribution in [0, 0.1) is 6.92 Å². The smallest absolute Gasteiger partial charge is 0.335 e. The van der Waals surface area contributed by atoms with Crippen LogP contribution >= 0.6 is 0 Å². The van der Waals surface area contributed by atoms with Crippen LogP contribution < -0.4 is 10.9 Å². The van der Waals surface area contributed by atoms with Crippen molar-refractivity contribution in [3.8, 4) is 0 Å². The molecule has 0 aliphatic carbocycles. The lowest BCUT2D eigenvalue weighted by molar-refractivity contribution is 0.0697. The van der Waals surface area contributed by atoms with Gasteiger partial charge in [-0.1, -0.05) is 0 Å². The van der Waals surface area contributed by atoms with Crippen LogP contribution in [0.25, 0.3) is 0 Å². The Morgan fingerprint density at radius 3 is 2.67 bits per heavy atom. The van der Waals surface area contributed by atoms with Crippen LogP contribution in [0.1, 0.15) is 27.4 Å². The zero-order valence-electron chi connectivity index (χ0n) is 13.0. The number of fused-ring (bicyclic) bond motifs is 1. The predicted octanol–water partition coefficient (Wildman–Crippen LogP) is 1.37. The lowest BCUT2D eigenvalue weighted by Crippen LogP contribution is -2.41. The van der Waals surface area contributed by atoms with Crippen molar-refractivity contribution in [3.63, 3.8) is 0 Å². The molecule has 2 aromatic rings. The Balaban J connectivity index is 1.72. The quantitative estimate of drug-likeness (QED) is 0.770. The van der Waals surface area contributed by atoms with Gasteiger partial charge in [0.25, 0.3) is 5.56 Å². The number of nitrogens with one attached hydrogen (secondary N) is 2. The number of aromatic amines is 1. The molecule has 0 bridgehead atoms. The van der Waals surface area contributed by atoms with Crippen LogP contribution in [0.4, 0.5) is 10.5 Å². The van der Waals surface area contributed by atoms with Crippen molar-refractivity contribution < 1.29 is 14.7 Å². The summed E-state index contributed by atoms with van der Waals surface area (Å²) in [5, 5.41) is 11.6. The minimum atomic E-state index is -1.03. The molecule has 1 aromatic heterocycles. The zero-order chi connectivity index (χ0) is 17.3. The van der Waals surface area contributed by atoms with E-state index >= 15 is 0 Å². The molecule has 1 aromatic carbocycles. The van der Waals surface area contributed by atoms with Crippen molar-refractivity contribution in [2.24, 2.45) is 0 Å². The van der Waals surface area contributed by atoms with Gasteiger partial charge in [0.2, 0.25) is 0 Å². The highest BCUT2D eigenvalue weighted by Crippen LogP contribution is 2.16. The Kier molecular flexibility index (Phi) is 4.03. The second-order valence-electron chi connectivity index (χ2n) is 5.56. The predicted molar refractivity (Wildman–Crippen MR) is 86.1 cm³/mol. The molecule has 0 spiro atoms. The fraction of sp³-hybridized carbons (Fsp3) is 0.250. The summed E-state index contributed by atoms with van der Waals surface area (Å²) in [7, 11) is 0. The molecule has 0 fully saturated rings. The second kappa shape index (κ2) is 6.15. The fourth-order valence-corrected chi connectivity index (χ4v) is 2.62. The number of carboxylic acids is 1. The van der Waals surface area contributed by atoms with E-state index in [9.17, 15) is 14.4 Å². The van der Waals surface area contributed by atoms with Gasteiger partial charge in [-0.2, -0.15) is 0 Å². The largest absolute Gasteiger partial charge is 0.478 e. The maximum atomic E-state index is 12.3. The molecule has 0 saturated carbocycles. The van der Waals surface area contributed by atoms with Gasteiger partial charge in [-0.15, -0.1) is 0 Å². The number of benzene rings is 1. The zero-order valence-corrected chi connectivity index (χ0v) is 13.0. The van der Waals surface area contributed by atoms with Crippen LogP contribution in [0.2, 0.25) is 0 Å². The van der Waals surface area contributed by atoms with E-state index in [0.717, 1.165) is 5.69 Å². The summed E-state index contributed by atoms with van der Waals surface area (Å²) in [6.45, 7) is 2.38. The van der Waals surface area contributed by atoms with E-state index in [1.807, 2.05) is 0 Å². The van der Waals surface area contributed by atoms with Gasteiger partial charge in [0.1, 0.15) is 5.82 Å². The van der Waals surface area contributed by atoms with Crippen LogP contribution in [-0.4, -0.2) is 38.5 Å². The van der Waals surface area contributed by atoms with E-state index in [4.69, 9.17) is 5.11 Å². The summed E-state index contributed by atoms with van der Waals surface area (Å²) in [5.74, 6) is -0.460. The first-order chi connectivity index (χ1) is 11.4. The van der Waals surface area contributed by atoms with Crippen molar-refractivity contribution >= 4 is 17.7 Å². The number of rotatable bonds is 2. The maximum Gasteiger partial charge on any atom is 0.335 e. The van der Waals surface area contributed by atoms with E-state index in [2.05, 4.69) is 15.3 Å². The number of carbonyl (C=O) groups excluding carboxylic acids is 1. The maximum absolute atomic E-state index is 12.3. The number of carboxylic acid groups (broad SMARTS) is 1. The Morgan fingerprint density at radius 2 is 2.00 bits per heavy atom. The third-order valence-corrected chi connectivity index (χ3v) is 3.86. The van der Waals surface area contributed by atoms with Gasteiger partial charge >= 0.3 is 12.0 Å². The molecule has 3 N–H and O–H groups in total.